The van der Waals surface area contributed by atoms with Gasteiger partial charge in [0, 0.05) is 17.9 Å². The topological polar surface area (TPSA) is 64.3 Å². The van der Waals surface area contributed by atoms with Crippen LogP contribution in [0, 0.1) is 17.2 Å². The molecule has 1 aromatic rings. The van der Waals surface area contributed by atoms with Gasteiger partial charge in [-0.05, 0) is 25.0 Å². The highest BCUT2D eigenvalue weighted by atomic mass is 19.1. The van der Waals surface area contributed by atoms with Crippen molar-refractivity contribution < 1.29 is 13.9 Å². The maximum atomic E-state index is 13.7. The molecule has 1 saturated heterocycles. The van der Waals surface area contributed by atoms with Crippen molar-refractivity contribution in [1.82, 2.24) is 0 Å². The SMILES string of the molecule is CC1(C)C2OCCCC2C1(N)C(=O)Nc1ccccc1F. The number of nitrogens with one attached hydrogen (secondary N) is 1. The van der Waals surface area contributed by atoms with Crippen LogP contribution in [0.15, 0.2) is 24.3 Å². The zero-order chi connectivity index (χ0) is 15.3. The van der Waals surface area contributed by atoms with Crippen molar-refractivity contribution in [2.24, 2.45) is 17.1 Å². The molecule has 0 radical (unpaired) electrons. The lowest BCUT2D eigenvalue weighted by Gasteiger charge is -2.65. The van der Waals surface area contributed by atoms with E-state index in [1.54, 1.807) is 12.1 Å². The van der Waals surface area contributed by atoms with E-state index in [0.717, 1.165) is 19.4 Å². The maximum Gasteiger partial charge on any atom is 0.245 e. The van der Waals surface area contributed by atoms with Gasteiger partial charge in [0.2, 0.25) is 5.91 Å². The molecule has 3 atom stereocenters. The first-order chi connectivity index (χ1) is 9.89. The molecule has 1 aliphatic heterocycles. The summed E-state index contributed by atoms with van der Waals surface area (Å²) in [4.78, 5) is 12.7. The molecule has 1 saturated carbocycles. The fraction of sp³-hybridized carbons (Fsp3) is 0.562. The molecule has 3 rings (SSSR count). The second-order valence-electron chi connectivity index (χ2n) is 6.56. The Bertz CT molecular complexity index is 575. The molecule has 5 heteroatoms. The molecule has 1 aromatic carbocycles. The summed E-state index contributed by atoms with van der Waals surface area (Å²) >= 11 is 0. The van der Waals surface area contributed by atoms with Crippen LogP contribution in [0.1, 0.15) is 26.7 Å². The third kappa shape index (κ3) is 1.91. The zero-order valence-corrected chi connectivity index (χ0v) is 12.4. The highest BCUT2D eigenvalue weighted by Gasteiger charge is 2.70. The van der Waals surface area contributed by atoms with Crippen LogP contribution in [0.2, 0.25) is 0 Å². The minimum atomic E-state index is -1.03. The predicted octanol–water partition coefficient (Wildman–Crippen LogP) is 2.30. The Hall–Kier alpha value is -1.46. The minimum absolute atomic E-state index is 0.00243. The third-order valence-electron chi connectivity index (χ3n) is 5.18. The van der Waals surface area contributed by atoms with Gasteiger partial charge < -0.3 is 15.8 Å². The smallest absolute Gasteiger partial charge is 0.245 e. The van der Waals surface area contributed by atoms with Gasteiger partial charge >= 0.3 is 0 Å². The van der Waals surface area contributed by atoms with Gasteiger partial charge in [0.15, 0.2) is 0 Å². The number of hydrogen-bond donors (Lipinski definition) is 2. The summed E-state index contributed by atoms with van der Waals surface area (Å²) < 4.78 is 19.5. The Morgan fingerprint density at radius 2 is 2.14 bits per heavy atom. The van der Waals surface area contributed by atoms with Crippen molar-refractivity contribution in [2.45, 2.75) is 38.3 Å². The quantitative estimate of drug-likeness (QED) is 0.879. The van der Waals surface area contributed by atoms with E-state index < -0.39 is 16.8 Å². The molecule has 21 heavy (non-hydrogen) atoms. The van der Waals surface area contributed by atoms with Gasteiger partial charge in [-0.3, -0.25) is 4.79 Å². The molecule has 2 aliphatic rings. The summed E-state index contributed by atoms with van der Waals surface area (Å²) in [7, 11) is 0. The fourth-order valence-corrected chi connectivity index (χ4v) is 3.83. The largest absolute Gasteiger partial charge is 0.377 e. The van der Waals surface area contributed by atoms with Crippen molar-refractivity contribution >= 4 is 11.6 Å². The van der Waals surface area contributed by atoms with Crippen LogP contribution in [0.5, 0.6) is 0 Å². The number of hydrogen-bond acceptors (Lipinski definition) is 3. The van der Waals surface area contributed by atoms with Crippen LogP contribution in [-0.4, -0.2) is 24.2 Å². The molecule has 1 amide bonds. The first-order valence-electron chi connectivity index (χ1n) is 7.35. The monoisotopic (exact) mass is 292 g/mol. The number of fused-ring (bicyclic) bond motifs is 1. The first kappa shape index (κ1) is 14.5. The van der Waals surface area contributed by atoms with Gasteiger partial charge in [-0.25, -0.2) is 4.39 Å². The molecule has 0 bridgehead atoms. The summed E-state index contributed by atoms with van der Waals surface area (Å²) in [5.41, 5.74) is 5.14. The van der Waals surface area contributed by atoms with Crippen molar-refractivity contribution in [2.75, 3.05) is 11.9 Å². The molecule has 3 unspecified atom stereocenters. The van der Waals surface area contributed by atoms with E-state index in [0.29, 0.717) is 0 Å². The lowest BCUT2D eigenvalue weighted by atomic mass is 9.46. The molecule has 1 heterocycles. The molecule has 1 aliphatic carbocycles. The van der Waals surface area contributed by atoms with Gasteiger partial charge in [-0.15, -0.1) is 0 Å². The number of halogens is 1. The third-order valence-corrected chi connectivity index (χ3v) is 5.18. The van der Waals surface area contributed by atoms with E-state index in [9.17, 15) is 9.18 Å². The highest BCUT2D eigenvalue weighted by molar-refractivity contribution is 6.00. The van der Waals surface area contributed by atoms with E-state index in [1.807, 2.05) is 13.8 Å². The summed E-state index contributed by atoms with van der Waals surface area (Å²) in [6.07, 6.45) is 1.78. The molecule has 0 aromatic heterocycles. The predicted molar refractivity (Wildman–Crippen MR) is 78.2 cm³/mol. The van der Waals surface area contributed by atoms with Gasteiger partial charge in [0.25, 0.3) is 0 Å². The first-order valence-corrected chi connectivity index (χ1v) is 7.35. The maximum absolute atomic E-state index is 13.7. The standard InChI is InChI=1S/C16H21FN2O2/c1-15(2)13-10(6-5-9-21-13)16(15,18)14(20)19-12-8-4-3-7-11(12)17/h3-4,7-8,10,13H,5-6,9,18H2,1-2H3,(H,19,20). The number of rotatable bonds is 2. The Labute approximate surface area is 123 Å². The van der Waals surface area contributed by atoms with Crippen LogP contribution >= 0.6 is 0 Å². The number of carbonyl (C=O) groups excluding carboxylic acids is 1. The van der Waals surface area contributed by atoms with Crippen LogP contribution in [0.4, 0.5) is 10.1 Å². The number of nitrogens with two attached hydrogens (primary N) is 1. The van der Waals surface area contributed by atoms with Crippen LogP contribution < -0.4 is 11.1 Å². The average Bonchev–Trinajstić information content (AvgIpc) is 2.48. The van der Waals surface area contributed by atoms with Crippen molar-refractivity contribution in [3.05, 3.63) is 30.1 Å². The van der Waals surface area contributed by atoms with Crippen molar-refractivity contribution in [3.63, 3.8) is 0 Å². The number of anilines is 1. The molecule has 114 valence electrons. The normalized spacial score (nSPS) is 33.7. The second-order valence-corrected chi connectivity index (χ2v) is 6.56. The summed E-state index contributed by atoms with van der Waals surface area (Å²) in [5.74, 6) is -0.791. The van der Waals surface area contributed by atoms with Gasteiger partial charge in [-0.2, -0.15) is 0 Å². The molecular weight excluding hydrogens is 271 g/mol. The molecule has 2 fully saturated rings. The van der Waals surface area contributed by atoms with Crippen LogP contribution in [0.3, 0.4) is 0 Å². The van der Waals surface area contributed by atoms with E-state index in [-0.39, 0.29) is 23.6 Å². The van der Waals surface area contributed by atoms with E-state index in [4.69, 9.17) is 10.5 Å². The lowest BCUT2D eigenvalue weighted by Crippen LogP contribution is -2.81. The summed E-state index contributed by atoms with van der Waals surface area (Å²) in [6, 6.07) is 6.12. The minimum Gasteiger partial charge on any atom is -0.377 e. The molecule has 3 N–H and O–H groups in total. The zero-order valence-electron chi connectivity index (χ0n) is 12.4. The van der Waals surface area contributed by atoms with Crippen LogP contribution in [-0.2, 0) is 9.53 Å². The van der Waals surface area contributed by atoms with Crippen molar-refractivity contribution in [3.8, 4) is 0 Å². The number of carbonyl (C=O) groups is 1. The Balaban J connectivity index is 1.85. The second kappa shape index (κ2) is 4.78. The fourth-order valence-electron chi connectivity index (χ4n) is 3.83. The number of para-hydroxylation sites is 1. The Kier molecular flexibility index (Phi) is 3.30. The van der Waals surface area contributed by atoms with Gasteiger partial charge in [0.05, 0.1) is 11.8 Å². The van der Waals surface area contributed by atoms with Gasteiger partial charge in [-0.1, -0.05) is 26.0 Å². The number of ether oxygens (including phenoxy) is 1. The van der Waals surface area contributed by atoms with E-state index >= 15 is 0 Å². The molecular formula is C16H21FN2O2. The Morgan fingerprint density at radius 1 is 1.43 bits per heavy atom. The van der Waals surface area contributed by atoms with E-state index in [2.05, 4.69) is 5.32 Å². The molecule has 4 nitrogen and oxygen atoms in total. The Morgan fingerprint density at radius 3 is 2.86 bits per heavy atom. The summed E-state index contributed by atoms with van der Waals surface area (Å²) in [6.45, 7) is 4.61. The average molecular weight is 292 g/mol. The number of benzene rings is 1. The molecule has 0 spiro atoms. The van der Waals surface area contributed by atoms with Gasteiger partial charge in [0.1, 0.15) is 11.4 Å². The number of amides is 1. The lowest BCUT2D eigenvalue weighted by molar-refractivity contribution is -0.222. The van der Waals surface area contributed by atoms with E-state index in [1.165, 1.54) is 12.1 Å². The summed E-state index contributed by atoms with van der Waals surface area (Å²) in [5, 5.41) is 2.65. The highest BCUT2D eigenvalue weighted by Crippen LogP contribution is 2.57. The van der Waals surface area contributed by atoms with Crippen LogP contribution in [0.25, 0.3) is 0 Å². The van der Waals surface area contributed by atoms with Crippen molar-refractivity contribution in [1.29, 1.82) is 0 Å².